The van der Waals surface area contributed by atoms with E-state index in [-0.39, 0.29) is 0 Å². The van der Waals surface area contributed by atoms with E-state index in [9.17, 15) is 5.11 Å². The number of rotatable bonds is 1. The summed E-state index contributed by atoms with van der Waals surface area (Å²) < 4.78 is 0. The molecule has 2 aliphatic rings. The highest BCUT2D eigenvalue weighted by Crippen LogP contribution is 2.45. The monoisotopic (exact) mass is 245 g/mol. The molecule has 2 heteroatoms. The fourth-order valence-electron chi connectivity index (χ4n) is 3.90. The predicted octanol–water partition coefficient (Wildman–Crippen LogP) is 2.75. The van der Waals surface area contributed by atoms with Gasteiger partial charge in [0.05, 0.1) is 5.60 Å². The second kappa shape index (κ2) is 4.07. The van der Waals surface area contributed by atoms with Gasteiger partial charge in [0.1, 0.15) is 0 Å². The predicted molar refractivity (Wildman–Crippen MR) is 73.6 cm³/mol. The van der Waals surface area contributed by atoms with Crippen molar-refractivity contribution in [1.82, 2.24) is 4.90 Å². The van der Waals surface area contributed by atoms with Gasteiger partial charge >= 0.3 is 0 Å². The largest absolute Gasteiger partial charge is 0.385 e. The first-order valence-electron chi connectivity index (χ1n) is 7.02. The van der Waals surface area contributed by atoms with Gasteiger partial charge in [-0.1, -0.05) is 23.8 Å². The molecule has 2 heterocycles. The van der Waals surface area contributed by atoms with Crippen molar-refractivity contribution in [2.24, 2.45) is 0 Å². The molecule has 2 unspecified atom stereocenters. The van der Waals surface area contributed by atoms with Crippen LogP contribution in [0.1, 0.15) is 42.4 Å². The van der Waals surface area contributed by atoms with Crippen LogP contribution >= 0.6 is 0 Å². The van der Waals surface area contributed by atoms with E-state index in [1.54, 1.807) is 0 Å². The van der Waals surface area contributed by atoms with Gasteiger partial charge in [0, 0.05) is 12.1 Å². The van der Waals surface area contributed by atoms with Crippen molar-refractivity contribution < 1.29 is 5.11 Å². The number of piperidine rings is 1. The number of aryl methyl sites for hydroxylation is 2. The lowest BCUT2D eigenvalue weighted by molar-refractivity contribution is -0.0497. The lowest BCUT2D eigenvalue weighted by Crippen LogP contribution is -2.47. The van der Waals surface area contributed by atoms with E-state index in [2.05, 4.69) is 44.0 Å². The molecule has 1 aromatic rings. The van der Waals surface area contributed by atoms with E-state index in [1.807, 2.05) is 0 Å². The summed E-state index contributed by atoms with van der Waals surface area (Å²) in [7, 11) is 2.21. The molecule has 2 nitrogen and oxygen atoms in total. The normalized spacial score (nSPS) is 36.0. The van der Waals surface area contributed by atoms with Gasteiger partial charge in [-0.2, -0.15) is 0 Å². The van der Waals surface area contributed by atoms with E-state index in [4.69, 9.17) is 0 Å². The summed E-state index contributed by atoms with van der Waals surface area (Å²) in [4.78, 5) is 2.47. The van der Waals surface area contributed by atoms with Crippen molar-refractivity contribution in [3.05, 3.63) is 34.9 Å². The average Bonchev–Trinajstić information content (AvgIpc) is 2.56. The lowest BCUT2D eigenvalue weighted by atomic mass is 9.78. The van der Waals surface area contributed by atoms with Crippen LogP contribution < -0.4 is 0 Å². The third-order valence-corrected chi connectivity index (χ3v) is 5.03. The van der Waals surface area contributed by atoms with Crippen LogP contribution in [0.15, 0.2) is 18.2 Å². The Labute approximate surface area is 110 Å². The number of hydrogen-bond acceptors (Lipinski definition) is 2. The van der Waals surface area contributed by atoms with E-state index in [0.717, 1.165) is 18.4 Å². The van der Waals surface area contributed by atoms with Crippen LogP contribution in [0, 0.1) is 13.8 Å². The first kappa shape index (κ1) is 12.2. The van der Waals surface area contributed by atoms with Crippen molar-refractivity contribution in [3.8, 4) is 0 Å². The molecule has 2 bridgehead atoms. The Morgan fingerprint density at radius 3 is 2.39 bits per heavy atom. The number of aliphatic hydroxyl groups is 1. The van der Waals surface area contributed by atoms with Crippen molar-refractivity contribution in [2.45, 2.75) is 57.2 Å². The summed E-state index contributed by atoms with van der Waals surface area (Å²) in [5, 5.41) is 11.1. The molecular weight excluding hydrogens is 222 g/mol. The first-order valence-corrected chi connectivity index (χ1v) is 7.02. The smallest absolute Gasteiger partial charge is 0.0929 e. The van der Waals surface area contributed by atoms with Gasteiger partial charge in [0.2, 0.25) is 0 Å². The van der Waals surface area contributed by atoms with Gasteiger partial charge in [0.15, 0.2) is 0 Å². The van der Waals surface area contributed by atoms with Crippen LogP contribution in [-0.4, -0.2) is 29.1 Å². The summed E-state index contributed by atoms with van der Waals surface area (Å²) in [6.07, 6.45) is 4.28. The molecule has 1 N–H and O–H groups in total. The molecule has 1 aromatic carbocycles. The highest BCUT2D eigenvalue weighted by molar-refractivity contribution is 5.36. The van der Waals surface area contributed by atoms with E-state index in [0.29, 0.717) is 12.1 Å². The van der Waals surface area contributed by atoms with Crippen LogP contribution in [0.3, 0.4) is 0 Å². The zero-order valence-corrected chi connectivity index (χ0v) is 11.6. The standard InChI is InChI=1S/C16H23NO/c1-11-4-5-12(2)15(8-11)16(18)9-13-6-7-14(10-16)17(13)3/h4-5,8,13-14,18H,6-7,9-10H2,1-3H3. The quantitative estimate of drug-likeness (QED) is 0.822. The minimum Gasteiger partial charge on any atom is -0.385 e. The molecule has 0 amide bonds. The maximum absolute atomic E-state index is 11.1. The molecule has 0 aromatic heterocycles. The Morgan fingerprint density at radius 2 is 1.78 bits per heavy atom. The first-order chi connectivity index (χ1) is 8.49. The highest BCUT2D eigenvalue weighted by atomic mass is 16.3. The summed E-state index contributed by atoms with van der Waals surface area (Å²) in [5.41, 5.74) is 3.03. The Balaban J connectivity index is 1.98. The summed E-state index contributed by atoms with van der Waals surface area (Å²) in [6, 6.07) is 7.58. The number of hydrogen-bond donors (Lipinski definition) is 1. The second-order valence-electron chi connectivity index (χ2n) is 6.31. The molecule has 0 radical (unpaired) electrons. The third-order valence-electron chi connectivity index (χ3n) is 5.03. The minimum atomic E-state index is -0.603. The maximum Gasteiger partial charge on any atom is 0.0929 e. The summed E-state index contributed by atoms with van der Waals surface area (Å²) >= 11 is 0. The maximum atomic E-state index is 11.1. The van der Waals surface area contributed by atoms with Crippen molar-refractivity contribution >= 4 is 0 Å². The highest BCUT2D eigenvalue weighted by Gasteiger charge is 2.47. The second-order valence-corrected chi connectivity index (χ2v) is 6.31. The van der Waals surface area contributed by atoms with Gasteiger partial charge in [0.25, 0.3) is 0 Å². The van der Waals surface area contributed by atoms with Crippen LogP contribution in [0.25, 0.3) is 0 Å². The van der Waals surface area contributed by atoms with Gasteiger partial charge in [-0.3, -0.25) is 0 Å². The lowest BCUT2D eigenvalue weighted by Gasteiger charge is -2.43. The zero-order valence-electron chi connectivity index (χ0n) is 11.6. The van der Waals surface area contributed by atoms with Crippen LogP contribution in [0.2, 0.25) is 0 Å². The molecular formula is C16H23NO. The summed E-state index contributed by atoms with van der Waals surface area (Å²) in [5.74, 6) is 0. The molecule has 2 fully saturated rings. The molecule has 2 aliphatic heterocycles. The van der Waals surface area contributed by atoms with E-state index in [1.165, 1.54) is 24.0 Å². The minimum absolute atomic E-state index is 0.564. The van der Waals surface area contributed by atoms with Crippen LogP contribution in [0.5, 0.6) is 0 Å². The van der Waals surface area contributed by atoms with E-state index < -0.39 is 5.60 Å². The Bertz CT molecular complexity index is 454. The van der Waals surface area contributed by atoms with Crippen LogP contribution in [-0.2, 0) is 5.60 Å². The third kappa shape index (κ3) is 1.79. The van der Waals surface area contributed by atoms with Gasteiger partial charge in [-0.15, -0.1) is 0 Å². The SMILES string of the molecule is Cc1ccc(C)c(C2(O)CC3CCC(C2)N3C)c1. The molecule has 0 saturated carbocycles. The molecule has 2 atom stereocenters. The Hall–Kier alpha value is -0.860. The number of benzene rings is 1. The van der Waals surface area contributed by atoms with Crippen LogP contribution in [0.4, 0.5) is 0 Å². The molecule has 2 saturated heterocycles. The molecule has 3 rings (SSSR count). The van der Waals surface area contributed by atoms with Crippen molar-refractivity contribution in [2.75, 3.05) is 7.05 Å². The fraction of sp³-hybridized carbons (Fsp3) is 0.625. The molecule has 98 valence electrons. The average molecular weight is 245 g/mol. The molecule has 0 spiro atoms. The Morgan fingerprint density at radius 1 is 1.17 bits per heavy atom. The van der Waals surface area contributed by atoms with Crippen molar-refractivity contribution in [1.29, 1.82) is 0 Å². The topological polar surface area (TPSA) is 23.5 Å². The Kier molecular flexibility index (Phi) is 2.76. The van der Waals surface area contributed by atoms with Gasteiger partial charge in [-0.25, -0.2) is 0 Å². The van der Waals surface area contributed by atoms with Crippen molar-refractivity contribution in [3.63, 3.8) is 0 Å². The zero-order chi connectivity index (χ0) is 12.9. The summed E-state index contributed by atoms with van der Waals surface area (Å²) in [6.45, 7) is 4.23. The van der Waals surface area contributed by atoms with E-state index >= 15 is 0 Å². The number of fused-ring (bicyclic) bond motifs is 2. The molecule has 0 aliphatic carbocycles. The van der Waals surface area contributed by atoms with Gasteiger partial charge < -0.3 is 10.0 Å². The fourth-order valence-corrected chi connectivity index (χ4v) is 3.90. The van der Waals surface area contributed by atoms with Gasteiger partial charge in [-0.05, 0) is 57.7 Å². The molecule has 18 heavy (non-hydrogen) atoms. The number of nitrogens with zero attached hydrogens (tertiary/aromatic N) is 1.